The highest BCUT2D eigenvalue weighted by Crippen LogP contribution is 2.14. The first-order chi connectivity index (χ1) is 10.1. The summed E-state index contributed by atoms with van der Waals surface area (Å²) < 4.78 is 13.4. The number of benzene rings is 2. The summed E-state index contributed by atoms with van der Waals surface area (Å²) in [6, 6.07) is 11.6. The minimum Gasteiger partial charge on any atom is -0.409 e. The molecule has 2 aromatic carbocycles. The molecule has 0 radical (unpaired) electrons. The van der Waals surface area contributed by atoms with E-state index in [1.165, 1.54) is 18.2 Å². The van der Waals surface area contributed by atoms with Crippen LogP contribution >= 0.6 is 0 Å². The highest BCUT2D eigenvalue weighted by Gasteiger charge is 2.06. The van der Waals surface area contributed by atoms with E-state index in [0.29, 0.717) is 11.3 Å². The summed E-state index contributed by atoms with van der Waals surface area (Å²) in [5.74, 6) is -0.549. The summed E-state index contributed by atoms with van der Waals surface area (Å²) in [6.45, 7) is 0. The van der Waals surface area contributed by atoms with Crippen molar-refractivity contribution in [3.63, 3.8) is 0 Å². The van der Waals surface area contributed by atoms with Gasteiger partial charge in [0.15, 0.2) is 5.84 Å². The van der Waals surface area contributed by atoms with Crippen LogP contribution in [0.4, 0.5) is 20.6 Å². The van der Waals surface area contributed by atoms with Crippen molar-refractivity contribution < 1.29 is 14.4 Å². The minimum absolute atomic E-state index is 0.0302. The number of carbonyl (C=O) groups is 1. The SMILES string of the molecule is N/C(=N/O)c1ccc(NC(=O)Nc2ccccc2F)cc1. The molecule has 2 amide bonds. The monoisotopic (exact) mass is 288 g/mol. The normalized spacial score (nSPS) is 11.0. The lowest BCUT2D eigenvalue weighted by molar-refractivity contribution is 0.262. The van der Waals surface area contributed by atoms with Crippen LogP contribution in [-0.2, 0) is 0 Å². The van der Waals surface area contributed by atoms with Crippen molar-refractivity contribution in [2.24, 2.45) is 10.9 Å². The van der Waals surface area contributed by atoms with E-state index >= 15 is 0 Å². The molecule has 0 aromatic heterocycles. The maximum atomic E-state index is 13.4. The molecule has 0 spiro atoms. The summed E-state index contributed by atoms with van der Waals surface area (Å²) in [6.07, 6.45) is 0. The Hall–Kier alpha value is -3.09. The summed E-state index contributed by atoms with van der Waals surface area (Å²) in [7, 11) is 0. The number of carbonyl (C=O) groups excluding carboxylic acids is 1. The minimum atomic E-state index is -0.573. The van der Waals surface area contributed by atoms with Crippen molar-refractivity contribution >= 4 is 23.2 Å². The lowest BCUT2D eigenvalue weighted by Crippen LogP contribution is -2.20. The van der Waals surface area contributed by atoms with Crippen molar-refractivity contribution in [2.45, 2.75) is 0 Å². The van der Waals surface area contributed by atoms with Crippen LogP contribution in [0.2, 0.25) is 0 Å². The van der Waals surface area contributed by atoms with Crippen LogP contribution in [0.1, 0.15) is 5.56 Å². The average molecular weight is 288 g/mol. The standard InChI is InChI=1S/C14H13FN4O2/c15-11-3-1-2-4-12(11)18-14(20)17-10-7-5-9(6-8-10)13(16)19-21/h1-8,21H,(H2,16,19)(H2,17,18,20). The van der Waals surface area contributed by atoms with Gasteiger partial charge in [0.2, 0.25) is 0 Å². The fraction of sp³-hybridized carbons (Fsp3) is 0. The van der Waals surface area contributed by atoms with Crippen molar-refractivity contribution in [1.29, 1.82) is 0 Å². The second-order valence-electron chi connectivity index (χ2n) is 4.12. The first kappa shape index (κ1) is 14.3. The third-order valence-electron chi connectivity index (χ3n) is 2.67. The number of nitrogens with one attached hydrogen (secondary N) is 2. The van der Waals surface area contributed by atoms with Gasteiger partial charge in [0.05, 0.1) is 5.69 Å². The number of hydrogen-bond donors (Lipinski definition) is 4. The number of amidine groups is 1. The molecule has 7 heteroatoms. The van der Waals surface area contributed by atoms with Gasteiger partial charge >= 0.3 is 6.03 Å². The molecule has 2 rings (SSSR count). The molecule has 108 valence electrons. The van der Waals surface area contributed by atoms with Crippen molar-refractivity contribution in [2.75, 3.05) is 10.6 Å². The van der Waals surface area contributed by atoms with E-state index in [4.69, 9.17) is 10.9 Å². The van der Waals surface area contributed by atoms with Gasteiger partial charge in [0, 0.05) is 11.3 Å². The first-order valence-electron chi connectivity index (χ1n) is 6.00. The number of urea groups is 1. The third-order valence-corrected chi connectivity index (χ3v) is 2.67. The summed E-state index contributed by atoms with van der Waals surface area (Å²) in [5.41, 5.74) is 6.51. The fourth-order valence-electron chi connectivity index (χ4n) is 1.63. The zero-order valence-corrected chi connectivity index (χ0v) is 10.9. The van der Waals surface area contributed by atoms with E-state index in [1.807, 2.05) is 0 Å². The van der Waals surface area contributed by atoms with Crippen LogP contribution < -0.4 is 16.4 Å². The largest absolute Gasteiger partial charge is 0.409 e. The van der Waals surface area contributed by atoms with Crippen molar-refractivity contribution in [1.82, 2.24) is 0 Å². The number of oxime groups is 1. The number of hydrogen-bond acceptors (Lipinski definition) is 3. The molecule has 6 nitrogen and oxygen atoms in total. The molecule has 0 unspecified atom stereocenters. The van der Waals surface area contributed by atoms with Gasteiger partial charge in [-0.2, -0.15) is 0 Å². The quantitative estimate of drug-likeness (QED) is 0.302. The van der Waals surface area contributed by atoms with Crippen molar-refractivity contribution in [3.05, 3.63) is 59.9 Å². The predicted molar refractivity (Wildman–Crippen MR) is 78.0 cm³/mol. The Morgan fingerprint density at radius 3 is 2.38 bits per heavy atom. The van der Waals surface area contributed by atoms with Crippen LogP contribution in [0.15, 0.2) is 53.7 Å². The number of para-hydroxylation sites is 1. The molecular formula is C14H13FN4O2. The molecule has 0 heterocycles. The van der Waals surface area contributed by atoms with E-state index in [9.17, 15) is 9.18 Å². The molecule has 0 fully saturated rings. The highest BCUT2D eigenvalue weighted by molar-refractivity contribution is 6.01. The van der Waals surface area contributed by atoms with Gasteiger partial charge in [0.25, 0.3) is 0 Å². The van der Waals surface area contributed by atoms with Gasteiger partial charge in [-0.25, -0.2) is 9.18 Å². The van der Waals surface area contributed by atoms with E-state index in [2.05, 4.69) is 15.8 Å². The molecule has 5 N–H and O–H groups in total. The zero-order chi connectivity index (χ0) is 15.2. The number of nitrogens with zero attached hydrogens (tertiary/aromatic N) is 1. The Kier molecular flexibility index (Phi) is 4.35. The summed E-state index contributed by atoms with van der Waals surface area (Å²) >= 11 is 0. The van der Waals surface area contributed by atoms with Gasteiger partial charge in [-0.3, -0.25) is 0 Å². The van der Waals surface area contributed by atoms with E-state index in [0.717, 1.165) is 0 Å². The highest BCUT2D eigenvalue weighted by atomic mass is 19.1. The number of anilines is 2. The van der Waals surface area contributed by atoms with Crippen molar-refractivity contribution in [3.8, 4) is 0 Å². The van der Waals surface area contributed by atoms with E-state index in [-0.39, 0.29) is 11.5 Å². The molecule has 0 aliphatic carbocycles. The van der Waals surface area contributed by atoms with Crippen LogP contribution in [-0.4, -0.2) is 17.1 Å². The number of nitrogens with two attached hydrogens (primary N) is 1. The molecule has 0 saturated carbocycles. The third kappa shape index (κ3) is 3.69. The van der Waals surface area contributed by atoms with Gasteiger partial charge < -0.3 is 21.6 Å². The Morgan fingerprint density at radius 2 is 1.76 bits per heavy atom. The predicted octanol–water partition coefficient (Wildman–Crippen LogP) is 2.56. The lowest BCUT2D eigenvalue weighted by Gasteiger charge is -2.08. The van der Waals surface area contributed by atoms with Crippen LogP contribution in [0.3, 0.4) is 0 Å². The first-order valence-corrected chi connectivity index (χ1v) is 6.00. The van der Waals surface area contributed by atoms with Crippen LogP contribution in [0.25, 0.3) is 0 Å². The van der Waals surface area contributed by atoms with Gasteiger partial charge in [-0.05, 0) is 36.4 Å². The summed E-state index contributed by atoms with van der Waals surface area (Å²) in [5, 5.41) is 16.3. The molecule has 0 aliphatic rings. The maximum absolute atomic E-state index is 13.4. The average Bonchev–Trinajstić information content (AvgIpc) is 2.49. The Bertz CT molecular complexity index is 671. The topological polar surface area (TPSA) is 99.7 Å². The number of halogens is 1. The Balaban J connectivity index is 2.02. The van der Waals surface area contributed by atoms with Gasteiger partial charge in [-0.15, -0.1) is 0 Å². The Labute approximate surface area is 120 Å². The fourth-order valence-corrected chi connectivity index (χ4v) is 1.63. The van der Waals surface area contributed by atoms with E-state index < -0.39 is 11.8 Å². The van der Waals surface area contributed by atoms with E-state index in [1.54, 1.807) is 30.3 Å². The van der Waals surface area contributed by atoms with Gasteiger partial charge in [0.1, 0.15) is 5.82 Å². The number of rotatable bonds is 3. The van der Waals surface area contributed by atoms with Crippen LogP contribution in [0.5, 0.6) is 0 Å². The van der Waals surface area contributed by atoms with Gasteiger partial charge in [-0.1, -0.05) is 17.3 Å². The Morgan fingerprint density at radius 1 is 1.10 bits per heavy atom. The second kappa shape index (κ2) is 6.38. The molecule has 0 atom stereocenters. The second-order valence-corrected chi connectivity index (χ2v) is 4.12. The van der Waals surface area contributed by atoms with Crippen LogP contribution in [0, 0.1) is 5.82 Å². The maximum Gasteiger partial charge on any atom is 0.323 e. The molecule has 21 heavy (non-hydrogen) atoms. The smallest absolute Gasteiger partial charge is 0.323 e. The number of amides is 2. The molecule has 0 aliphatic heterocycles. The molecule has 2 aromatic rings. The molecule has 0 saturated heterocycles. The summed E-state index contributed by atoms with van der Waals surface area (Å²) in [4.78, 5) is 11.7. The molecular weight excluding hydrogens is 275 g/mol. The lowest BCUT2D eigenvalue weighted by atomic mass is 10.2. The zero-order valence-electron chi connectivity index (χ0n) is 10.9. The molecule has 0 bridgehead atoms.